The van der Waals surface area contributed by atoms with Gasteiger partial charge in [-0.15, -0.1) is 0 Å². The minimum atomic E-state index is 0.895. The van der Waals surface area contributed by atoms with Crippen molar-refractivity contribution in [3.05, 3.63) is 23.5 Å². The molecule has 1 fully saturated rings. The molecule has 1 saturated carbocycles. The normalized spacial score (nSPS) is 16.3. The molecular weight excluding hydrogens is 184 g/mol. The van der Waals surface area contributed by atoms with Gasteiger partial charge in [0.2, 0.25) is 0 Å². The first-order valence-electron chi connectivity index (χ1n) is 6.09. The Labute approximate surface area is 92.9 Å². The Morgan fingerprint density at radius 2 is 1.87 bits per heavy atom. The van der Waals surface area contributed by atoms with Crippen LogP contribution in [0, 0.1) is 13.8 Å². The molecule has 0 radical (unpaired) electrons. The van der Waals surface area contributed by atoms with E-state index in [1.807, 2.05) is 0 Å². The summed E-state index contributed by atoms with van der Waals surface area (Å²) < 4.78 is 2.42. The SMILES string of the molecule is CCN(CCn1c(C)ccc1C)C1CC1. The maximum atomic E-state index is 2.61. The van der Waals surface area contributed by atoms with Crippen molar-refractivity contribution < 1.29 is 0 Å². The zero-order chi connectivity index (χ0) is 10.8. The van der Waals surface area contributed by atoms with Crippen molar-refractivity contribution in [3.63, 3.8) is 0 Å². The van der Waals surface area contributed by atoms with Crippen LogP contribution in [0.15, 0.2) is 12.1 Å². The van der Waals surface area contributed by atoms with E-state index in [2.05, 4.69) is 42.4 Å². The minimum Gasteiger partial charge on any atom is -0.348 e. The van der Waals surface area contributed by atoms with Crippen LogP contribution in [-0.2, 0) is 6.54 Å². The molecule has 84 valence electrons. The first-order valence-corrected chi connectivity index (χ1v) is 6.09. The molecule has 0 atom stereocenters. The highest BCUT2D eigenvalue weighted by Gasteiger charge is 2.27. The Balaban J connectivity index is 1.91. The molecule has 0 aliphatic heterocycles. The lowest BCUT2D eigenvalue weighted by Crippen LogP contribution is -2.29. The third-order valence-corrected chi connectivity index (χ3v) is 3.50. The zero-order valence-corrected chi connectivity index (χ0v) is 10.2. The van der Waals surface area contributed by atoms with Gasteiger partial charge in [0.15, 0.2) is 0 Å². The Morgan fingerprint density at radius 1 is 1.27 bits per heavy atom. The van der Waals surface area contributed by atoms with Crippen molar-refractivity contribution in [2.45, 2.75) is 46.2 Å². The van der Waals surface area contributed by atoms with Crippen LogP contribution in [0.4, 0.5) is 0 Å². The Morgan fingerprint density at radius 3 is 2.33 bits per heavy atom. The second-order valence-corrected chi connectivity index (χ2v) is 4.63. The largest absolute Gasteiger partial charge is 0.348 e. The number of aryl methyl sites for hydroxylation is 2. The third kappa shape index (κ3) is 2.43. The highest BCUT2D eigenvalue weighted by molar-refractivity contribution is 5.13. The van der Waals surface area contributed by atoms with Crippen molar-refractivity contribution in [2.24, 2.45) is 0 Å². The van der Waals surface area contributed by atoms with Gasteiger partial charge >= 0.3 is 0 Å². The number of aromatic nitrogens is 1. The van der Waals surface area contributed by atoms with E-state index < -0.39 is 0 Å². The van der Waals surface area contributed by atoms with Gasteiger partial charge < -0.3 is 4.57 Å². The average Bonchev–Trinajstić information content (AvgIpc) is 3.00. The fourth-order valence-electron chi connectivity index (χ4n) is 2.32. The topological polar surface area (TPSA) is 8.17 Å². The maximum absolute atomic E-state index is 2.61. The van der Waals surface area contributed by atoms with E-state index in [1.54, 1.807) is 0 Å². The molecule has 2 nitrogen and oxygen atoms in total. The van der Waals surface area contributed by atoms with Crippen LogP contribution in [0.25, 0.3) is 0 Å². The van der Waals surface area contributed by atoms with Crippen LogP contribution in [0.2, 0.25) is 0 Å². The predicted molar refractivity (Wildman–Crippen MR) is 64.2 cm³/mol. The van der Waals surface area contributed by atoms with E-state index in [9.17, 15) is 0 Å². The number of hydrogen-bond acceptors (Lipinski definition) is 1. The first kappa shape index (κ1) is 10.7. The van der Waals surface area contributed by atoms with Gasteiger partial charge in [-0.2, -0.15) is 0 Å². The van der Waals surface area contributed by atoms with Crippen LogP contribution in [0.1, 0.15) is 31.2 Å². The smallest absolute Gasteiger partial charge is 0.0352 e. The summed E-state index contributed by atoms with van der Waals surface area (Å²) in [5.74, 6) is 0. The van der Waals surface area contributed by atoms with E-state index in [0.29, 0.717) is 0 Å². The van der Waals surface area contributed by atoms with E-state index in [-0.39, 0.29) is 0 Å². The number of rotatable bonds is 5. The minimum absolute atomic E-state index is 0.895. The molecule has 0 bridgehead atoms. The number of nitrogens with zero attached hydrogens (tertiary/aromatic N) is 2. The summed E-state index contributed by atoms with van der Waals surface area (Å²) in [6.07, 6.45) is 2.83. The fourth-order valence-corrected chi connectivity index (χ4v) is 2.32. The number of likely N-dealkylation sites (N-methyl/N-ethyl adjacent to an activating group) is 1. The highest BCUT2D eigenvalue weighted by atomic mass is 15.2. The van der Waals surface area contributed by atoms with E-state index in [1.165, 1.54) is 37.3 Å². The van der Waals surface area contributed by atoms with Gasteiger partial charge in [-0.1, -0.05) is 6.92 Å². The van der Waals surface area contributed by atoms with E-state index in [4.69, 9.17) is 0 Å². The molecule has 0 spiro atoms. The molecular formula is C13H22N2. The van der Waals surface area contributed by atoms with Gasteiger partial charge in [-0.3, -0.25) is 4.90 Å². The molecule has 0 saturated heterocycles. The molecule has 1 aromatic heterocycles. The fraction of sp³-hybridized carbons (Fsp3) is 0.692. The maximum Gasteiger partial charge on any atom is 0.0352 e. The van der Waals surface area contributed by atoms with Crippen LogP contribution in [0.5, 0.6) is 0 Å². The second-order valence-electron chi connectivity index (χ2n) is 4.63. The zero-order valence-electron chi connectivity index (χ0n) is 10.2. The Bertz CT molecular complexity index is 304. The molecule has 1 aliphatic carbocycles. The molecule has 1 heterocycles. The monoisotopic (exact) mass is 206 g/mol. The van der Waals surface area contributed by atoms with Crippen molar-refractivity contribution in [1.29, 1.82) is 0 Å². The van der Waals surface area contributed by atoms with Crippen molar-refractivity contribution in [2.75, 3.05) is 13.1 Å². The van der Waals surface area contributed by atoms with Crippen molar-refractivity contribution in [1.82, 2.24) is 9.47 Å². The van der Waals surface area contributed by atoms with Gasteiger partial charge in [-0.25, -0.2) is 0 Å². The van der Waals surface area contributed by atoms with Gasteiger partial charge in [0, 0.05) is 30.5 Å². The summed E-state index contributed by atoms with van der Waals surface area (Å²) in [5.41, 5.74) is 2.78. The summed E-state index contributed by atoms with van der Waals surface area (Å²) >= 11 is 0. The summed E-state index contributed by atoms with van der Waals surface area (Å²) in [6.45, 7) is 10.2. The standard InChI is InChI=1S/C13H22N2/c1-4-14(13-7-8-13)9-10-15-11(2)5-6-12(15)3/h5-6,13H,4,7-10H2,1-3H3. The lowest BCUT2D eigenvalue weighted by molar-refractivity contribution is 0.265. The molecule has 1 aromatic rings. The molecule has 0 N–H and O–H groups in total. The average molecular weight is 206 g/mol. The summed E-state index contributed by atoms with van der Waals surface area (Å²) in [5, 5.41) is 0. The summed E-state index contributed by atoms with van der Waals surface area (Å²) in [4.78, 5) is 2.61. The second kappa shape index (κ2) is 4.40. The lowest BCUT2D eigenvalue weighted by Gasteiger charge is -2.21. The molecule has 15 heavy (non-hydrogen) atoms. The van der Waals surface area contributed by atoms with Gasteiger partial charge in [0.1, 0.15) is 0 Å². The van der Waals surface area contributed by atoms with Crippen LogP contribution in [0.3, 0.4) is 0 Å². The quantitative estimate of drug-likeness (QED) is 0.719. The first-order chi connectivity index (χ1) is 7.22. The van der Waals surface area contributed by atoms with Gasteiger partial charge in [0.25, 0.3) is 0 Å². The Hall–Kier alpha value is -0.760. The Kier molecular flexibility index (Phi) is 3.15. The molecule has 2 rings (SSSR count). The van der Waals surface area contributed by atoms with E-state index in [0.717, 1.165) is 12.6 Å². The predicted octanol–water partition coefficient (Wildman–Crippen LogP) is 2.59. The molecule has 1 aliphatic rings. The lowest BCUT2D eigenvalue weighted by atomic mass is 10.4. The molecule has 2 heteroatoms. The molecule has 0 unspecified atom stereocenters. The van der Waals surface area contributed by atoms with E-state index >= 15 is 0 Å². The summed E-state index contributed by atoms with van der Waals surface area (Å²) in [7, 11) is 0. The van der Waals surface area contributed by atoms with Crippen LogP contribution >= 0.6 is 0 Å². The number of hydrogen-bond donors (Lipinski definition) is 0. The molecule has 0 aromatic carbocycles. The van der Waals surface area contributed by atoms with Gasteiger partial charge in [0.05, 0.1) is 0 Å². The molecule has 0 amide bonds. The van der Waals surface area contributed by atoms with Crippen molar-refractivity contribution >= 4 is 0 Å². The van der Waals surface area contributed by atoms with Crippen LogP contribution < -0.4 is 0 Å². The van der Waals surface area contributed by atoms with Crippen LogP contribution in [-0.4, -0.2) is 28.6 Å². The third-order valence-electron chi connectivity index (χ3n) is 3.50. The summed E-state index contributed by atoms with van der Waals surface area (Å²) in [6, 6.07) is 5.32. The highest BCUT2D eigenvalue weighted by Crippen LogP contribution is 2.26. The van der Waals surface area contributed by atoms with Gasteiger partial charge in [-0.05, 0) is 45.4 Å². The van der Waals surface area contributed by atoms with Crippen molar-refractivity contribution in [3.8, 4) is 0 Å².